The lowest BCUT2D eigenvalue weighted by atomic mass is 9.85. The van der Waals surface area contributed by atoms with Crippen LogP contribution >= 0.6 is 11.8 Å². The molecule has 174 valence electrons. The summed E-state index contributed by atoms with van der Waals surface area (Å²) < 4.78 is 7.71. The molecular formula is C25H31N5O2S. The fraction of sp³-hybridized carbons (Fsp3) is 0.440. The fourth-order valence-corrected chi connectivity index (χ4v) is 5.19. The van der Waals surface area contributed by atoms with Crippen LogP contribution in [0.2, 0.25) is 0 Å². The Hall–Kier alpha value is -2.87. The zero-order valence-electron chi connectivity index (χ0n) is 19.4. The molecule has 0 radical (unpaired) electrons. The minimum absolute atomic E-state index is 0.0710. The Labute approximate surface area is 199 Å². The second-order valence-electron chi connectivity index (χ2n) is 8.45. The maximum absolute atomic E-state index is 12.9. The topological polar surface area (TPSA) is 81.9 Å². The number of ether oxygens (including phenoxy) is 1. The van der Waals surface area contributed by atoms with Gasteiger partial charge in [0.2, 0.25) is 5.91 Å². The molecule has 0 bridgehead atoms. The van der Waals surface area contributed by atoms with Gasteiger partial charge in [0, 0.05) is 29.7 Å². The number of anilines is 1. The second-order valence-corrected chi connectivity index (χ2v) is 9.76. The predicted octanol–water partition coefficient (Wildman–Crippen LogP) is 5.61. The van der Waals surface area contributed by atoms with Crippen molar-refractivity contribution in [1.82, 2.24) is 19.7 Å². The van der Waals surface area contributed by atoms with Gasteiger partial charge in [-0.25, -0.2) is 0 Å². The summed E-state index contributed by atoms with van der Waals surface area (Å²) in [7, 11) is 0. The minimum Gasteiger partial charge on any atom is -0.494 e. The number of nitrogens with zero attached hydrogens (tertiary/aromatic N) is 4. The number of hydrogen-bond acceptors (Lipinski definition) is 6. The number of amides is 1. The summed E-state index contributed by atoms with van der Waals surface area (Å²) in [5.74, 6) is 2.06. The third kappa shape index (κ3) is 5.55. The number of aromatic nitrogens is 4. The molecule has 1 fully saturated rings. The van der Waals surface area contributed by atoms with Gasteiger partial charge in [-0.2, -0.15) is 0 Å². The first kappa shape index (κ1) is 23.3. The molecule has 3 aromatic rings. The molecule has 1 amide bonds. The van der Waals surface area contributed by atoms with Gasteiger partial charge >= 0.3 is 0 Å². The van der Waals surface area contributed by atoms with Crippen LogP contribution in [0.25, 0.3) is 11.4 Å². The predicted molar refractivity (Wildman–Crippen MR) is 131 cm³/mol. The highest BCUT2D eigenvalue weighted by Gasteiger charge is 2.30. The molecule has 1 N–H and O–H groups in total. The van der Waals surface area contributed by atoms with Crippen molar-refractivity contribution < 1.29 is 9.53 Å². The first-order valence-electron chi connectivity index (χ1n) is 11.6. The zero-order valence-corrected chi connectivity index (χ0v) is 20.2. The Morgan fingerprint density at radius 1 is 1.21 bits per heavy atom. The van der Waals surface area contributed by atoms with E-state index in [9.17, 15) is 4.79 Å². The normalized spacial score (nSPS) is 19.1. The van der Waals surface area contributed by atoms with Gasteiger partial charge in [-0.05, 0) is 69.0 Å². The van der Waals surface area contributed by atoms with Gasteiger partial charge in [0.15, 0.2) is 11.0 Å². The summed E-state index contributed by atoms with van der Waals surface area (Å²) in [4.78, 5) is 17.2. The Morgan fingerprint density at radius 2 is 2.00 bits per heavy atom. The van der Waals surface area contributed by atoms with Gasteiger partial charge in [0.1, 0.15) is 5.75 Å². The third-order valence-corrected chi connectivity index (χ3v) is 7.12. The van der Waals surface area contributed by atoms with Crippen LogP contribution in [0.1, 0.15) is 52.5 Å². The number of rotatable bonds is 8. The number of thioether (sulfide) groups is 1. The van der Waals surface area contributed by atoms with E-state index in [0.717, 1.165) is 34.4 Å². The SMILES string of the molecule is CCOc1ccc(NC(=O)C(C)Sc2nnc(-c3cccnc3)n2C2CCCCC2C)cc1. The molecule has 2 aromatic heterocycles. The minimum atomic E-state index is -0.333. The van der Waals surface area contributed by atoms with Crippen LogP contribution in [0.5, 0.6) is 5.75 Å². The molecule has 3 atom stereocenters. The van der Waals surface area contributed by atoms with Crippen LogP contribution in [0.15, 0.2) is 53.9 Å². The summed E-state index contributed by atoms with van der Waals surface area (Å²) in [5, 5.41) is 12.5. The van der Waals surface area contributed by atoms with Crippen molar-refractivity contribution in [3.8, 4) is 17.1 Å². The molecule has 4 rings (SSSR count). The first-order valence-corrected chi connectivity index (χ1v) is 12.5. The Kier molecular flexibility index (Phi) is 7.65. The molecular weight excluding hydrogens is 434 g/mol. The summed E-state index contributed by atoms with van der Waals surface area (Å²) in [6.07, 6.45) is 8.31. The van der Waals surface area contributed by atoms with E-state index in [1.165, 1.54) is 31.0 Å². The summed E-state index contributed by atoms with van der Waals surface area (Å²) >= 11 is 1.45. The third-order valence-electron chi connectivity index (χ3n) is 6.07. The molecule has 0 saturated heterocycles. The maximum atomic E-state index is 12.9. The highest BCUT2D eigenvalue weighted by atomic mass is 32.2. The lowest BCUT2D eigenvalue weighted by Crippen LogP contribution is -2.25. The Balaban J connectivity index is 1.54. The largest absolute Gasteiger partial charge is 0.494 e. The van der Waals surface area contributed by atoms with Gasteiger partial charge in [0.25, 0.3) is 0 Å². The quantitative estimate of drug-likeness (QED) is 0.436. The van der Waals surface area contributed by atoms with E-state index < -0.39 is 0 Å². The molecule has 0 spiro atoms. The van der Waals surface area contributed by atoms with Crippen LogP contribution in [0.3, 0.4) is 0 Å². The van der Waals surface area contributed by atoms with E-state index in [1.807, 2.05) is 56.4 Å². The first-order chi connectivity index (χ1) is 16.1. The van der Waals surface area contributed by atoms with E-state index in [1.54, 1.807) is 6.20 Å². The molecule has 0 aliphatic heterocycles. The molecule has 33 heavy (non-hydrogen) atoms. The lowest BCUT2D eigenvalue weighted by Gasteiger charge is -2.31. The van der Waals surface area contributed by atoms with Crippen LogP contribution < -0.4 is 10.1 Å². The van der Waals surface area contributed by atoms with Crippen LogP contribution in [-0.4, -0.2) is 37.5 Å². The van der Waals surface area contributed by atoms with Crippen molar-refractivity contribution in [2.75, 3.05) is 11.9 Å². The number of benzene rings is 1. The molecule has 1 saturated carbocycles. The van der Waals surface area contributed by atoms with Gasteiger partial charge in [0.05, 0.1) is 11.9 Å². The average molecular weight is 466 g/mol. The van der Waals surface area contributed by atoms with Crippen molar-refractivity contribution in [3.05, 3.63) is 48.8 Å². The highest BCUT2D eigenvalue weighted by molar-refractivity contribution is 8.00. The fourth-order valence-electron chi connectivity index (χ4n) is 4.29. The van der Waals surface area contributed by atoms with Gasteiger partial charge < -0.3 is 10.1 Å². The molecule has 1 aliphatic carbocycles. The van der Waals surface area contributed by atoms with Gasteiger partial charge in [-0.3, -0.25) is 14.3 Å². The van der Waals surface area contributed by atoms with Crippen molar-refractivity contribution in [2.24, 2.45) is 5.92 Å². The highest BCUT2D eigenvalue weighted by Crippen LogP contribution is 2.39. The second kappa shape index (κ2) is 10.8. The maximum Gasteiger partial charge on any atom is 0.237 e. The van der Waals surface area contributed by atoms with Crippen molar-refractivity contribution in [1.29, 1.82) is 0 Å². The number of carbonyl (C=O) groups is 1. The van der Waals surface area contributed by atoms with Crippen LogP contribution in [-0.2, 0) is 4.79 Å². The summed E-state index contributed by atoms with van der Waals surface area (Å²) in [6.45, 7) is 6.76. The Bertz CT molecular complexity index is 1050. The Morgan fingerprint density at radius 3 is 2.70 bits per heavy atom. The number of hydrogen-bond donors (Lipinski definition) is 1. The average Bonchev–Trinajstić information content (AvgIpc) is 3.24. The summed E-state index contributed by atoms with van der Waals surface area (Å²) in [5.41, 5.74) is 1.69. The number of pyridine rings is 1. The molecule has 1 aromatic carbocycles. The lowest BCUT2D eigenvalue weighted by molar-refractivity contribution is -0.115. The molecule has 8 heteroatoms. The molecule has 2 heterocycles. The number of carbonyl (C=O) groups excluding carboxylic acids is 1. The van der Waals surface area contributed by atoms with Crippen molar-refractivity contribution >= 4 is 23.4 Å². The monoisotopic (exact) mass is 465 g/mol. The number of nitrogens with one attached hydrogen (secondary N) is 1. The van der Waals surface area contributed by atoms with Crippen LogP contribution in [0, 0.1) is 5.92 Å². The van der Waals surface area contributed by atoms with Crippen molar-refractivity contribution in [2.45, 2.75) is 62.9 Å². The van der Waals surface area contributed by atoms with E-state index in [0.29, 0.717) is 18.6 Å². The van der Waals surface area contributed by atoms with Crippen molar-refractivity contribution in [3.63, 3.8) is 0 Å². The van der Waals surface area contributed by atoms with E-state index in [-0.39, 0.29) is 11.2 Å². The molecule has 7 nitrogen and oxygen atoms in total. The molecule has 3 unspecified atom stereocenters. The summed E-state index contributed by atoms with van der Waals surface area (Å²) in [6, 6.07) is 11.7. The smallest absolute Gasteiger partial charge is 0.237 e. The van der Waals surface area contributed by atoms with Gasteiger partial charge in [-0.1, -0.05) is 31.5 Å². The van der Waals surface area contributed by atoms with Crippen LogP contribution in [0.4, 0.5) is 5.69 Å². The van der Waals surface area contributed by atoms with E-state index in [4.69, 9.17) is 4.74 Å². The van der Waals surface area contributed by atoms with Gasteiger partial charge in [-0.15, -0.1) is 10.2 Å². The van der Waals surface area contributed by atoms with E-state index in [2.05, 4.69) is 32.0 Å². The zero-order chi connectivity index (χ0) is 23.2. The standard InChI is InChI=1S/C25H31N5O2S/c1-4-32-21-13-11-20(12-14-21)27-24(31)18(3)33-25-29-28-23(19-9-7-15-26-16-19)30(25)22-10-6-5-8-17(22)2/h7,9,11-18,22H,4-6,8,10H2,1-3H3,(H,27,31). The molecule has 1 aliphatic rings. The van der Waals surface area contributed by atoms with E-state index >= 15 is 0 Å².